The van der Waals surface area contributed by atoms with Gasteiger partial charge in [0.2, 0.25) is 0 Å². The van der Waals surface area contributed by atoms with Crippen molar-refractivity contribution < 1.29 is 18.8 Å². The summed E-state index contributed by atoms with van der Waals surface area (Å²) in [5.74, 6) is 0.638. The molecule has 0 fully saturated rings. The van der Waals surface area contributed by atoms with Crippen LogP contribution in [-0.4, -0.2) is 22.7 Å². The van der Waals surface area contributed by atoms with Crippen LogP contribution in [0.2, 0.25) is 0 Å². The van der Waals surface area contributed by atoms with E-state index in [-0.39, 0.29) is 18.3 Å². The summed E-state index contributed by atoms with van der Waals surface area (Å²) in [7, 11) is 0. The number of aromatic nitrogens is 1. The average Bonchev–Trinajstić information content (AvgIpc) is 3.10. The van der Waals surface area contributed by atoms with E-state index in [0.717, 1.165) is 16.3 Å². The van der Waals surface area contributed by atoms with Gasteiger partial charge in [-0.05, 0) is 36.8 Å². The SMILES string of the molecule is Cc1cc(CSc2ccccc2C(=O)NCC(O)c2ccc(F)cc2)on1. The fraction of sp³-hybridized carbons (Fsp3) is 0.200. The van der Waals surface area contributed by atoms with Crippen molar-refractivity contribution in [3.8, 4) is 0 Å². The van der Waals surface area contributed by atoms with Crippen LogP contribution in [0.4, 0.5) is 4.39 Å². The van der Waals surface area contributed by atoms with Crippen LogP contribution in [0.1, 0.15) is 33.5 Å². The predicted molar refractivity (Wildman–Crippen MR) is 101 cm³/mol. The summed E-state index contributed by atoms with van der Waals surface area (Å²) in [4.78, 5) is 13.3. The van der Waals surface area contributed by atoms with E-state index >= 15 is 0 Å². The van der Waals surface area contributed by atoms with Crippen molar-refractivity contribution in [2.75, 3.05) is 6.54 Å². The molecule has 0 saturated carbocycles. The van der Waals surface area contributed by atoms with Gasteiger partial charge in [-0.15, -0.1) is 11.8 Å². The van der Waals surface area contributed by atoms with Gasteiger partial charge in [0, 0.05) is 17.5 Å². The molecule has 0 spiro atoms. The molecule has 3 rings (SSSR count). The first-order valence-corrected chi connectivity index (χ1v) is 9.37. The molecule has 0 bridgehead atoms. The maximum Gasteiger partial charge on any atom is 0.252 e. The molecule has 1 heterocycles. The van der Waals surface area contributed by atoms with Crippen molar-refractivity contribution in [1.29, 1.82) is 0 Å². The molecule has 5 nitrogen and oxygen atoms in total. The van der Waals surface area contributed by atoms with Gasteiger partial charge in [0.15, 0.2) is 0 Å². The number of hydrogen-bond acceptors (Lipinski definition) is 5. The number of halogens is 1. The zero-order valence-corrected chi connectivity index (χ0v) is 15.5. The predicted octanol–water partition coefficient (Wildman–Crippen LogP) is 3.88. The van der Waals surface area contributed by atoms with Crippen LogP contribution in [0.5, 0.6) is 0 Å². The maximum absolute atomic E-state index is 13.0. The molecular formula is C20H19FN2O3S. The number of nitrogens with one attached hydrogen (secondary N) is 1. The number of aliphatic hydroxyl groups excluding tert-OH is 1. The fourth-order valence-corrected chi connectivity index (χ4v) is 3.43. The Morgan fingerprint density at radius 2 is 2.00 bits per heavy atom. The Balaban J connectivity index is 1.61. The van der Waals surface area contributed by atoms with Gasteiger partial charge in [-0.3, -0.25) is 4.79 Å². The summed E-state index contributed by atoms with van der Waals surface area (Å²) in [6.45, 7) is 1.89. The lowest BCUT2D eigenvalue weighted by molar-refractivity contribution is 0.0913. The van der Waals surface area contributed by atoms with Crippen molar-refractivity contribution in [3.05, 3.63) is 83.0 Å². The molecule has 2 aromatic carbocycles. The second-order valence-electron chi connectivity index (χ2n) is 6.00. The van der Waals surface area contributed by atoms with Crippen molar-refractivity contribution in [1.82, 2.24) is 10.5 Å². The lowest BCUT2D eigenvalue weighted by Crippen LogP contribution is -2.28. The molecule has 0 saturated heterocycles. The van der Waals surface area contributed by atoms with Crippen LogP contribution in [0, 0.1) is 12.7 Å². The first kappa shape index (κ1) is 19.1. The highest BCUT2D eigenvalue weighted by molar-refractivity contribution is 7.98. The van der Waals surface area contributed by atoms with Crippen LogP contribution in [0.15, 0.2) is 64.0 Å². The van der Waals surface area contributed by atoms with Crippen molar-refractivity contribution >= 4 is 17.7 Å². The second kappa shape index (κ2) is 8.83. The molecule has 0 aliphatic carbocycles. The lowest BCUT2D eigenvalue weighted by Gasteiger charge is -2.13. The standard InChI is InChI=1S/C20H19FN2O3S/c1-13-10-16(26-23-13)12-27-19-5-3-2-4-17(19)20(25)22-11-18(24)14-6-8-15(21)9-7-14/h2-10,18,24H,11-12H2,1H3,(H,22,25). The van der Waals surface area contributed by atoms with Crippen molar-refractivity contribution in [3.63, 3.8) is 0 Å². The zero-order valence-electron chi connectivity index (χ0n) is 14.7. The minimum atomic E-state index is -0.911. The Morgan fingerprint density at radius 3 is 2.70 bits per heavy atom. The number of rotatable bonds is 7. The summed E-state index contributed by atoms with van der Waals surface area (Å²) < 4.78 is 18.2. The summed E-state index contributed by atoms with van der Waals surface area (Å²) >= 11 is 1.48. The van der Waals surface area contributed by atoms with Gasteiger partial charge in [0.25, 0.3) is 5.91 Å². The molecule has 0 aliphatic heterocycles. The number of aliphatic hydroxyl groups is 1. The topological polar surface area (TPSA) is 75.4 Å². The number of nitrogens with zero attached hydrogens (tertiary/aromatic N) is 1. The molecule has 7 heteroatoms. The molecule has 0 radical (unpaired) electrons. The molecule has 140 valence electrons. The molecule has 27 heavy (non-hydrogen) atoms. The van der Waals surface area contributed by atoms with E-state index in [1.54, 1.807) is 12.1 Å². The first-order valence-electron chi connectivity index (χ1n) is 8.38. The first-order chi connectivity index (χ1) is 13.0. The van der Waals surface area contributed by atoms with Gasteiger partial charge in [-0.2, -0.15) is 0 Å². The summed E-state index contributed by atoms with van der Waals surface area (Å²) in [6, 6.07) is 14.6. The third-order valence-corrected chi connectivity index (χ3v) is 4.98. The van der Waals surface area contributed by atoms with Gasteiger partial charge in [0.05, 0.1) is 23.1 Å². The molecule has 0 aliphatic rings. The molecule has 3 aromatic rings. The zero-order chi connectivity index (χ0) is 19.2. The second-order valence-corrected chi connectivity index (χ2v) is 7.01. The van der Waals surface area contributed by atoms with Crippen molar-refractivity contribution in [2.45, 2.75) is 23.7 Å². The minimum Gasteiger partial charge on any atom is -0.387 e. The third kappa shape index (κ3) is 5.18. The molecular weight excluding hydrogens is 367 g/mol. The highest BCUT2D eigenvalue weighted by Gasteiger charge is 2.15. The third-order valence-electron chi connectivity index (χ3n) is 3.89. The quantitative estimate of drug-likeness (QED) is 0.603. The number of hydrogen-bond donors (Lipinski definition) is 2. The Kier molecular flexibility index (Phi) is 6.26. The summed E-state index contributed by atoms with van der Waals surface area (Å²) in [5.41, 5.74) is 1.87. The molecule has 2 N–H and O–H groups in total. The molecule has 1 unspecified atom stereocenters. The Bertz CT molecular complexity index is 912. The van der Waals surface area contributed by atoms with E-state index < -0.39 is 6.10 Å². The van der Waals surface area contributed by atoms with E-state index in [0.29, 0.717) is 16.9 Å². The number of benzene rings is 2. The van der Waals surface area contributed by atoms with E-state index in [4.69, 9.17) is 4.52 Å². The number of carbonyl (C=O) groups excluding carboxylic acids is 1. The van der Waals surface area contributed by atoms with E-state index in [9.17, 15) is 14.3 Å². The Labute approximate surface area is 160 Å². The van der Waals surface area contributed by atoms with Gasteiger partial charge < -0.3 is 14.9 Å². The van der Waals surface area contributed by atoms with E-state index in [2.05, 4.69) is 10.5 Å². The maximum atomic E-state index is 13.0. The smallest absolute Gasteiger partial charge is 0.252 e. The minimum absolute atomic E-state index is 0.0325. The number of carbonyl (C=O) groups is 1. The number of aryl methyl sites for hydroxylation is 1. The van der Waals surface area contributed by atoms with Crippen LogP contribution in [-0.2, 0) is 5.75 Å². The van der Waals surface area contributed by atoms with Gasteiger partial charge in [0.1, 0.15) is 11.6 Å². The van der Waals surface area contributed by atoms with Gasteiger partial charge in [-0.1, -0.05) is 29.4 Å². The van der Waals surface area contributed by atoms with Crippen LogP contribution >= 0.6 is 11.8 Å². The Morgan fingerprint density at radius 1 is 1.26 bits per heavy atom. The van der Waals surface area contributed by atoms with E-state index in [1.165, 1.54) is 36.0 Å². The van der Waals surface area contributed by atoms with Crippen LogP contribution in [0.3, 0.4) is 0 Å². The highest BCUT2D eigenvalue weighted by atomic mass is 32.2. The van der Waals surface area contributed by atoms with Crippen molar-refractivity contribution in [2.24, 2.45) is 0 Å². The normalized spacial score (nSPS) is 12.0. The monoisotopic (exact) mass is 386 g/mol. The largest absolute Gasteiger partial charge is 0.387 e. The summed E-state index contributed by atoms with van der Waals surface area (Å²) in [6.07, 6.45) is -0.911. The van der Waals surface area contributed by atoms with Gasteiger partial charge in [-0.25, -0.2) is 4.39 Å². The highest BCUT2D eigenvalue weighted by Crippen LogP contribution is 2.26. The fourth-order valence-electron chi connectivity index (χ4n) is 2.50. The summed E-state index contributed by atoms with van der Waals surface area (Å²) in [5, 5.41) is 16.7. The number of amides is 1. The van der Waals surface area contributed by atoms with Gasteiger partial charge >= 0.3 is 0 Å². The number of thioether (sulfide) groups is 1. The van der Waals surface area contributed by atoms with E-state index in [1.807, 2.05) is 25.1 Å². The Hall–Kier alpha value is -2.64. The van der Waals surface area contributed by atoms with Crippen LogP contribution in [0.25, 0.3) is 0 Å². The molecule has 1 aromatic heterocycles. The molecule has 1 atom stereocenters. The molecule has 1 amide bonds. The van der Waals surface area contributed by atoms with Crippen LogP contribution < -0.4 is 5.32 Å². The lowest BCUT2D eigenvalue weighted by atomic mass is 10.1. The average molecular weight is 386 g/mol.